The van der Waals surface area contributed by atoms with Gasteiger partial charge in [0.15, 0.2) is 0 Å². The van der Waals surface area contributed by atoms with Crippen LogP contribution in [0.5, 0.6) is 0 Å². The van der Waals surface area contributed by atoms with Gasteiger partial charge in [0.05, 0.1) is 6.42 Å². The zero-order valence-electron chi connectivity index (χ0n) is 12.6. The summed E-state index contributed by atoms with van der Waals surface area (Å²) in [6.45, 7) is 5.95. The van der Waals surface area contributed by atoms with E-state index in [2.05, 4.69) is 19.2 Å². The SMILES string of the molecule is CC1(C)CCN(C(=O)Nc2cccc(CC(=O)O)c2)CC1. The van der Waals surface area contributed by atoms with Crippen LogP contribution in [0.25, 0.3) is 0 Å². The number of benzene rings is 1. The molecule has 1 fully saturated rings. The topological polar surface area (TPSA) is 69.6 Å². The molecule has 21 heavy (non-hydrogen) atoms. The van der Waals surface area contributed by atoms with Crippen molar-refractivity contribution in [2.24, 2.45) is 5.41 Å². The van der Waals surface area contributed by atoms with E-state index in [4.69, 9.17) is 5.11 Å². The number of carbonyl (C=O) groups is 2. The lowest BCUT2D eigenvalue weighted by Crippen LogP contribution is -2.43. The molecule has 1 saturated heterocycles. The molecule has 0 atom stereocenters. The summed E-state index contributed by atoms with van der Waals surface area (Å²) in [7, 11) is 0. The average Bonchev–Trinajstić information content (AvgIpc) is 2.38. The van der Waals surface area contributed by atoms with Gasteiger partial charge in [0.2, 0.25) is 0 Å². The first-order valence-corrected chi connectivity index (χ1v) is 7.22. The number of nitrogens with zero attached hydrogens (tertiary/aromatic N) is 1. The van der Waals surface area contributed by atoms with Gasteiger partial charge in [-0.05, 0) is 36.0 Å². The Balaban J connectivity index is 1.95. The van der Waals surface area contributed by atoms with Crippen molar-refractivity contribution in [1.29, 1.82) is 0 Å². The van der Waals surface area contributed by atoms with Gasteiger partial charge >= 0.3 is 12.0 Å². The maximum atomic E-state index is 12.2. The molecular weight excluding hydrogens is 268 g/mol. The number of aliphatic carboxylic acids is 1. The third-order valence-electron chi connectivity index (χ3n) is 3.94. The highest BCUT2D eigenvalue weighted by Crippen LogP contribution is 2.29. The van der Waals surface area contributed by atoms with Crippen LogP contribution in [-0.2, 0) is 11.2 Å². The van der Waals surface area contributed by atoms with Gasteiger partial charge < -0.3 is 15.3 Å². The Morgan fingerprint density at radius 2 is 1.95 bits per heavy atom. The largest absolute Gasteiger partial charge is 0.481 e. The molecule has 0 unspecified atom stereocenters. The quantitative estimate of drug-likeness (QED) is 0.899. The highest BCUT2D eigenvalue weighted by Gasteiger charge is 2.27. The van der Waals surface area contributed by atoms with E-state index < -0.39 is 5.97 Å². The smallest absolute Gasteiger partial charge is 0.321 e. The number of anilines is 1. The lowest BCUT2D eigenvalue weighted by atomic mass is 9.83. The zero-order valence-corrected chi connectivity index (χ0v) is 12.6. The standard InChI is InChI=1S/C16H22N2O3/c1-16(2)6-8-18(9-7-16)15(21)17-13-5-3-4-12(10-13)11-14(19)20/h3-5,10H,6-9,11H2,1-2H3,(H,17,21)(H,19,20). The predicted molar refractivity (Wildman–Crippen MR) is 81.4 cm³/mol. The van der Waals surface area contributed by atoms with Crippen molar-refractivity contribution in [3.63, 3.8) is 0 Å². The Morgan fingerprint density at radius 1 is 1.29 bits per heavy atom. The third kappa shape index (κ3) is 4.48. The first-order chi connectivity index (χ1) is 9.85. The number of hydrogen-bond acceptors (Lipinski definition) is 2. The van der Waals surface area contributed by atoms with Crippen LogP contribution in [0.1, 0.15) is 32.3 Å². The van der Waals surface area contributed by atoms with Gasteiger partial charge in [-0.15, -0.1) is 0 Å². The normalized spacial score (nSPS) is 17.3. The monoisotopic (exact) mass is 290 g/mol. The lowest BCUT2D eigenvalue weighted by Gasteiger charge is -2.36. The molecule has 1 heterocycles. The minimum absolute atomic E-state index is 0.0401. The molecule has 1 aliphatic rings. The fraction of sp³-hybridized carbons (Fsp3) is 0.500. The first-order valence-electron chi connectivity index (χ1n) is 7.22. The molecule has 0 bridgehead atoms. The van der Waals surface area contributed by atoms with Crippen LogP contribution in [0.3, 0.4) is 0 Å². The minimum atomic E-state index is -0.878. The summed E-state index contributed by atoms with van der Waals surface area (Å²) in [5, 5.41) is 11.6. The molecule has 0 spiro atoms. The number of hydrogen-bond donors (Lipinski definition) is 2. The van der Waals surface area contributed by atoms with Crippen molar-refractivity contribution in [3.8, 4) is 0 Å². The molecule has 1 aromatic carbocycles. The van der Waals surface area contributed by atoms with E-state index in [9.17, 15) is 9.59 Å². The Labute approximate surface area is 125 Å². The summed E-state index contributed by atoms with van der Waals surface area (Å²) < 4.78 is 0. The number of piperidine rings is 1. The van der Waals surface area contributed by atoms with E-state index in [-0.39, 0.29) is 12.5 Å². The molecule has 0 radical (unpaired) electrons. The van der Waals surface area contributed by atoms with Crippen molar-refractivity contribution in [2.45, 2.75) is 33.1 Å². The van der Waals surface area contributed by atoms with E-state index in [1.165, 1.54) is 0 Å². The van der Waals surface area contributed by atoms with Gasteiger partial charge in [-0.1, -0.05) is 26.0 Å². The second-order valence-electron chi connectivity index (χ2n) is 6.35. The highest BCUT2D eigenvalue weighted by molar-refractivity contribution is 5.89. The molecule has 2 amide bonds. The van der Waals surface area contributed by atoms with E-state index in [1.807, 2.05) is 4.90 Å². The molecule has 1 aromatic rings. The predicted octanol–water partition coefficient (Wildman–Crippen LogP) is 2.97. The maximum absolute atomic E-state index is 12.2. The van der Waals surface area contributed by atoms with Gasteiger partial charge in [-0.3, -0.25) is 4.79 Å². The Hall–Kier alpha value is -2.04. The molecule has 2 N–H and O–H groups in total. The van der Waals surface area contributed by atoms with Crippen LogP contribution in [-0.4, -0.2) is 35.1 Å². The van der Waals surface area contributed by atoms with E-state index >= 15 is 0 Å². The summed E-state index contributed by atoms with van der Waals surface area (Å²) in [6.07, 6.45) is 1.96. The van der Waals surface area contributed by atoms with Crippen LogP contribution in [0.4, 0.5) is 10.5 Å². The number of carbonyl (C=O) groups excluding carboxylic acids is 1. The zero-order chi connectivity index (χ0) is 15.5. The number of carboxylic acids is 1. The molecule has 0 aromatic heterocycles. The Morgan fingerprint density at radius 3 is 2.57 bits per heavy atom. The van der Waals surface area contributed by atoms with E-state index in [0.717, 1.165) is 25.9 Å². The number of urea groups is 1. The number of carboxylic acid groups (broad SMARTS) is 1. The second kappa shape index (κ2) is 6.16. The van der Waals surface area contributed by atoms with Gasteiger partial charge in [0, 0.05) is 18.8 Å². The Kier molecular flexibility index (Phi) is 4.50. The van der Waals surface area contributed by atoms with Crippen molar-refractivity contribution in [3.05, 3.63) is 29.8 Å². The van der Waals surface area contributed by atoms with Crippen LogP contribution in [0.15, 0.2) is 24.3 Å². The van der Waals surface area contributed by atoms with Crippen molar-refractivity contribution >= 4 is 17.7 Å². The summed E-state index contributed by atoms with van der Waals surface area (Å²) in [5.74, 6) is -0.878. The highest BCUT2D eigenvalue weighted by atomic mass is 16.4. The molecule has 1 aliphatic heterocycles. The summed E-state index contributed by atoms with van der Waals surface area (Å²) in [4.78, 5) is 24.7. The average molecular weight is 290 g/mol. The van der Waals surface area contributed by atoms with Crippen molar-refractivity contribution in [1.82, 2.24) is 4.90 Å². The van der Waals surface area contributed by atoms with Gasteiger partial charge in [-0.25, -0.2) is 4.79 Å². The van der Waals surface area contributed by atoms with Crippen molar-refractivity contribution in [2.75, 3.05) is 18.4 Å². The number of rotatable bonds is 3. The first kappa shape index (κ1) is 15.4. The molecule has 0 saturated carbocycles. The van der Waals surface area contributed by atoms with Gasteiger partial charge in [-0.2, -0.15) is 0 Å². The molecule has 114 valence electrons. The van der Waals surface area contributed by atoms with Crippen LogP contribution in [0.2, 0.25) is 0 Å². The van der Waals surface area contributed by atoms with Crippen LogP contribution < -0.4 is 5.32 Å². The van der Waals surface area contributed by atoms with Gasteiger partial charge in [0.1, 0.15) is 0 Å². The maximum Gasteiger partial charge on any atom is 0.321 e. The lowest BCUT2D eigenvalue weighted by molar-refractivity contribution is -0.136. The molecule has 2 rings (SSSR count). The molecular formula is C16H22N2O3. The molecule has 0 aliphatic carbocycles. The number of likely N-dealkylation sites (tertiary alicyclic amines) is 1. The summed E-state index contributed by atoms with van der Waals surface area (Å²) in [5.41, 5.74) is 1.63. The van der Waals surface area contributed by atoms with Crippen LogP contribution in [0, 0.1) is 5.41 Å². The van der Waals surface area contributed by atoms with E-state index in [1.54, 1.807) is 24.3 Å². The fourth-order valence-electron chi connectivity index (χ4n) is 2.45. The van der Waals surface area contributed by atoms with Crippen molar-refractivity contribution < 1.29 is 14.7 Å². The molecule has 5 nitrogen and oxygen atoms in total. The number of nitrogens with one attached hydrogen (secondary N) is 1. The number of amides is 2. The molecule has 5 heteroatoms. The van der Waals surface area contributed by atoms with Gasteiger partial charge in [0.25, 0.3) is 0 Å². The third-order valence-corrected chi connectivity index (χ3v) is 3.94. The second-order valence-corrected chi connectivity index (χ2v) is 6.35. The summed E-state index contributed by atoms with van der Waals surface area (Å²) in [6, 6.07) is 6.87. The van der Waals surface area contributed by atoms with Crippen LogP contribution >= 0.6 is 0 Å². The Bertz CT molecular complexity index is 530. The summed E-state index contributed by atoms with van der Waals surface area (Å²) >= 11 is 0. The minimum Gasteiger partial charge on any atom is -0.481 e. The van der Waals surface area contributed by atoms with E-state index in [0.29, 0.717) is 16.7 Å². The fourth-order valence-corrected chi connectivity index (χ4v) is 2.45.